The zero-order valence-corrected chi connectivity index (χ0v) is 11.2. The molecule has 0 saturated heterocycles. The molecule has 2 aromatic heterocycles. The second-order valence-corrected chi connectivity index (χ2v) is 4.19. The quantitative estimate of drug-likeness (QED) is 0.710. The standard InChI is InChI=1S/C14H14N4O2/c1-9-13(10(2)18-17-9)16-14(20)12-6-11(4-3-5-19)7-15-8-12/h6-8,19H,5H2,1-2H3,(H,16,20)(H,17,18). The van der Waals surface area contributed by atoms with Crippen LogP contribution in [0.3, 0.4) is 0 Å². The molecule has 6 nitrogen and oxygen atoms in total. The molecule has 3 N–H and O–H groups in total. The molecule has 2 rings (SSSR count). The van der Waals surface area contributed by atoms with Gasteiger partial charge in [-0.25, -0.2) is 0 Å². The molecule has 102 valence electrons. The van der Waals surface area contributed by atoms with Crippen LogP contribution in [0.1, 0.15) is 27.3 Å². The first-order chi connectivity index (χ1) is 9.61. The van der Waals surface area contributed by atoms with Crippen molar-refractivity contribution in [2.45, 2.75) is 13.8 Å². The molecule has 0 aliphatic rings. The summed E-state index contributed by atoms with van der Waals surface area (Å²) in [5.41, 5.74) is 3.16. The normalized spacial score (nSPS) is 9.75. The van der Waals surface area contributed by atoms with Gasteiger partial charge in [0, 0.05) is 18.0 Å². The van der Waals surface area contributed by atoms with Crippen LogP contribution in [0.15, 0.2) is 18.5 Å². The molecule has 0 bridgehead atoms. The molecule has 1 amide bonds. The van der Waals surface area contributed by atoms with Gasteiger partial charge >= 0.3 is 0 Å². The van der Waals surface area contributed by atoms with E-state index in [9.17, 15) is 4.79 Å². The van der Waals surface area contributed by atoms with Crippen molar-refractivity contribution in [3.63, 3.8) is 0 Å². The van der Waals surface area contributed by atoms with E-state index in [4.69, 9.17) is 5.11 Å². The summed E-state index contributed by atoms with van der Waals surface area (Å²) in [6.45, 7) is 3.40. The van der Waals surface area contributed by atoms with Gasteiger partial charge < -0.3 is 10.4 Å². The van der Waals surface area contributed by atoms with E-state index >= 15 is 0 Å². The van der Waals surface area contributed by atoms with E-state index < -0.39 is 0 Å². The maximum Gasteiger partial charge on any atom is 0.257 e. The number of carbonyl (C=O) groups is 1. The van der Waals surface area contributed by atoms with Crippen LogP contribution in [-0.2, 0) is 0 Å². The minimum Gasteiger partial charge on any atom is -0.384 e. The molecule has 0 aliphatic carbocycles. The molecule has 2 heterocycles. The minimum atomic E-state index is -0.280. The van der Waals surface area contributed by atoms with Crippen molar-refractivity contribution in [1.29, 1.82) is 0 Å². The number of aryl methyl sites for hydroxylation is 2. The Morgan fingerprint density at radius 2 is 2.25 bits per heavy atom. The Balaban J connectivity index is 2.21. The van der Waals surface area contributed by atoms with Crippen molar-refractivity contribution in [2.24, 2.45) is 0 Å². The number of hydrogen-bond donors (Lipinski definition) is 3. The highest BCUT2D eigenvalue weighted by molar-refractivity contribution is 6.04. The fraction of sp³-hybridized carbons (Fsp3) is 0.214. The summed E-state index contributed by atoms with van der Waals surface area (Å²) < 4.78 is 0. The van der Waals surface area contributed by atoms with Crippen molar-refractivity contribution in [1.82, 2.24) is 15.2 Å². The number of H-pyrrole nitrogens is 1. The van der Waals surface area contributed by atoms with Gasteiger partial charge in [-0.05, 0) is 19.9 Å². The van der Waals surface area contributed by atoms with Crippen molar-refractivity contribution in [3.05, 3.63) is 41.0 Å². The number of rotatable bonds is 2. The van der Waals surface area contributed by atoms with Gasteiger partial charge in [0.05, 0.1) is 22.6 Å². The van der Waals surface area contributed by atoms with Gasteiger partial charge in [-0.1, -0.05) is 11.8 Å². The van der Waals surface area contributed by atoms with E-state index in [1.165, 1.54) is 12.4 Å². The number of carbonyl (C=O) groups excluding carboxylic acids is 1. The van der Waals surface area contributed by atoms with Crippen molar-refractivity contribution in [2.75, 3.05) is 11.9 Å². The van der Waals surface area contributed by atoms with Gasteiger partial charge in [-0.2, -0.15) is 5.10 Å². The highest BCUT2D eigenvalue weighted by atomic mass is 16.2. The molecule has 0 radical (unpaired) electrons. The van der Waals surface area contributed by atoms with Gasteiger partial charge in [0.15, 0.2) is 0 Å². The Morgan fingerprint density at radius 3 is 2.90 bits per heavy atom. The third kappa shape index (κ3) is 3.02. The van der Waals surface area contributed by atoms with E-state index in [-0.39, 0.29) is 12.5 Å². The third-order valence-electron chi connectivity index (χ3n) is 2.68. The van der Waals surface area contributed by atoms with Crippen LogP contribution in [-0.4, -0.2) is 32.8 Å². The summed E-state index contributed by atoms with van der Waals surface area (Å²) in [6.07, 6.45) is 3.00. The van der Waals surface area contributed by atoms with Crippen molar-refractivity contribution in [3.8, 4) is 11.8 Å². The number of aromatic amines is 1. The molecule has 0 aliphatic heterocycles. The van der Waals surface area contributed by atoms with E-state index in [0.717, 1.165) is 11.4 Å². The predicted molar refractivity (Wildman–Crippen MR) is 74.2 cm³/mol. The number of nitrogens with zero attached hydrogens (tertiary/aromatic N) is 2. The highest BCUT2D eigenvalue weighted by Crippen LogP contribution is 2.17. The van der Waals surface area contributed by atoms with Gasteiger partial charge in [0.2, 0.25) is 0 Å². The van der Waals surface area contributed by atoms with Gasteiger partial charge in [-0.3, -0.25) is 14.9 Å². The molecule has 0 fully saturated rings. The van der Waals surface area contributed by atoms with Crippen LogP contribution >= 0.6 is 0 Å². The molecule has 20 heavy (non-hydrogen) atoms. The second-order valence-electron chi connectivity index (χ2n) is 4.19. The fourth-order valence-electron chi connectivity index (χ4n) is 1.69. The summed E-state index contributed by atoms with van der Waals surface area (Å²) >= 11 is 0. The number of amides is 1. The molecule has 6 heteroatoms. The van der Waals surface area contributed by atoms with Gasteiger partial charge in [0.1, 0.15) is 6.61 Å². The van der Waals surface area contributed by atoms with E-state index in [1.54, 1.807) is 13.0 Å². The Labute approximate surface area is 116 Å². The van der Waals surface area contributed by atoms with Crippen LogP contribution in [0, 0.1) is 25.7 Å². The Morgan fingerprint density at radius 1 is 1.45 bits per heavy atom. The third-order valence-corrected chi connectivity index (χ3v) is 2.68. The number of aromatic nitrogens is 3. The molecule has 0 aromatic carbocycles. The first-order valence-electron chi connectivity index (χ1n) is 5.99. The molecule has 0 atom stereocenters. The lowest BCUT2D eigenvalue weighted by molar-refractivity contribution is 0.102. The van der Waals surface area contributed by atoms with Crippen molar-refractivity contribution >= 4 is 11.6 Å². The first-order valence-corrected chi connectivity index (χ1v) is 5.99. The average Bonchev–Trinajstić information content (AvgIpc) is 2.77. The second kappa shape index (κ2) is 5.99. The highest BCUT2D eigenvalue weighted by Gasteiger charge is 2.12. The summed E-state index contributed by atoms with van der Waals surface area (Å²) in [6, 6.07) is 1.62. The molecule has 0 saturated carbocycles. The average molecular weight is 270 g/mol. The van der Waals surface area contributed by atoms with Crippen LogP contribution in [0.5, 0.6) is 0 Å². The summed E-state index contributed by atoms with van der Waals surface area (Å²) in [7, 11) is 0. The lowest BCUT2D eigenvalue weighted by Crippen LogP contribution is -2.13. The summed E-state index contributed by atoms with van der Waals surface area (Å²) in [5, 5.41) is 18.3. The van der Waals surface area contributed by atoms with Crippen molar-refractivity contribution < 1.29 is 9.90 Å². The monoisotopic (exact) mass is 270 g/mol. The number of anilines is 1. The van der Waals surface area contributed by atoms with Crippen LogP contribution in [0.4, 0.5) is 5.69 Å². The van der Waals surface area contributed by atoms with Gasteiger partial charge in [0.25, 0.3) is 5.91 Å². The molecular weight excluding hydrogens is 256 g/mol. The molecular formula is C14H14N4O2. The molecule has 0 spiro atoms. The zero-order chi connectivity index (χ0) is 14.5. The largest absolute Gasteiger partial charge is 0.384 e. The first kappa shape index (κ1) is 13.8. The maximum atomic E-state index is 12.2. The van der Waals surface area contributed by atoms with Crippen LogP contribution in [0.25, 0.3) is 0 Å². The Kier molecular flexibility index (Phi) is 4.13. The summed E-state index contributed by atoms with van der Waals surface area (Å²) in [4.78, 5) is 16.1. The SMILES string of the molecule is Cc1n[nH]c(C)c1NC(=O)c1cncc(C#CCO)c1. The van der Waals surface area contributed by atoms with E-state index in [0.29, 0.717) is 16.8 Å². The smallest absolute Gasteiger partial charge is 0.257 e. The van der Waals surface area contributed by atoms with E-state index in [2.05, 4.69) is 32.3 Å². The number of aliphatic hydroxyl groups is 1. The minimum absolute atomic E-state index is 0.232. The number of hydrogen-bond acceptors (Lipinski definition) is 4. The fourth-order valence-corrected chi connectivity index (χ4v) is 1.69. The predicted octanol–water partition coefficient (Wildman–Crippen LogP) is 1.02. The summed E-state index contributed by atoms with van der Waals surface area (Å²) in [5.74, 6) is 4.94. The maximum absolute atomic E-state index is 12.2. The van der Waals surface area contributed by atoms with E-state index in [1.807, 2.05) is 6.92 Å². The van der Waals surface area contributed by atoms with Crippen LogP contribution < -0.4 is 5.32 Å². The number of aliphatic hydroxyl groups excluding tert-OH is 1. The molecule has 0 unspecified atom stereocenters. The zero-order valence-electron chi connectivity index (χ0n) is 11.2. The molecule has 2 aromatic rings. The number of pyridine rings is 1. The topological polar surface area (TPSA) is 90.9 Å². The Bertz CT molecular complexity index is 675. The number of nitrogens with one attached hydrogen (secondary N) is 2. The lowest BCUT2D eigenvalue weighted by Gasteiger charge is -2.05. The van der Waals surface area contributed by atoms with Crippen LogP contribution in [0.2, 0.25) is 0 Å². The Hall–Kier alpha value is -2.65. The lowest BCUT2D eigenvalue weighted by atomic mass is 10.2. The van der Waals surface area contributed by atoms with Gasteiger partial charge in [-0.15, -0.1) is 0 Å².